The van der Waals surface area contributed by atoms with Gasteiger partial charge in [0.05, 0.1) is 18.2 Å². The molecule has 4 heteroatoms. The number of carbonyl (C=O) groups is 1. The van der Waals surface area contributed by atoms with Crippen LogP contribution in [0.4, 0.5) is 0 Å². The molecular formula is C26H29N3O. The molecule has 0 bridgehead atoms. The van der Waals surface area contributed by atoms with E-state index in [-0.39, 0.29) is 5.91 Å². The van der Waals surface area contributed by atoms with Gasteiger partial charge >= 0.3 is 0 Å². The predicted molar refractivity (Wildman–Crippen MR) is 122 cm³/mol. The van der Waals surface area contributed by atoms with Crippen LogP contribution in [0.2, 0.25) is 0 Å². The third kappa shape index (κ3) is 4.99. The van der Waals surface area contributed by atoms with E-state index in [2.05, 4.69) is 79.2 Å². The molecule has 0 aliphatic heterocycles. The van der Waals surface area contributed by atoms with Crippen LogP contribution in [0.3, 0.4) is 0 Å². The molecule has 0 aliphatic carbocycles. The van der Waals surface area contributed by atoms with Crippen LogP contribution in [0.25, 0.3) is 16.9 Å². The molecule has 0 fully saturated rings. The van der Waals surface area contributed by atoms with Crippen molar-refractivity contribution in [3.63, 3.8) is 0 Å². The zero-order chi connectivity index (χ0) is 21.5. The molecule has 0 atom stereocenters. The molecular weight excluding hydrogens is 370 g/mol. The minimum Gasteiger partial charge on any atom is -0.356 e. The number of aryl methyl sites for hydroxylation is 3. The number of nitriles is 1. The molecule has 1 amide bonds. The highest BCUT2D eigenvalue weighted by atomic mass is 16.1. The van der Waals surface area contributed by atoms with Gasteiger partial charge < -0.3 is 9.88 Å². The fourth-order valence-corrected chi connectivity index (χ4v) is 3.74. The summed E-state index contributed by atoms with van der Waals surface area (Å²) in [6.07, 6.45) is 2.47. The minimum atomic E-state index is 0.0852. The van der Waals surface area contributed by atoms with E-state index in [4.69, 9.17) is 5.26 Å². The zero-order valence-electron chi connectivity index (χ0n) is 18.0. The Labute approximate surface area is 179 Å². The first-order valence-electron chi connectivity index (χ1n) is 10.5. The number of aromatic nitrogens is 1. The molecule has 3 rings (SSSR count). The first-order valence-corrected chi connectivity index (χ1v) is 10.5. The molecule has 2 aromatic carbocycles. The highest BCUT2D eigenvalue weighted by Gasteiger charge is 2.15. The lowest BCUT2D eigenvalue weighted by atomic mass is 10.0. The number of benzene rings is 2. The van der Waals surface area contributed by atoms with E-state index in [0.717, 1.165) is 29.1 Å². The maximum atomic E-state index is 12.2. The second-order valence-electron chi connectivity index (χ2n) is 7.71. The van der Waals surface area contributed by atoms with Gasteiger partial charge in [-0.3, -0.25) is 4.79 Å². The van der Waals surface area contributed by atoms with Crippen molar-refractivity contribution in [1.82, 2.24) is 9.88 Å². The maximum absolute atomic E-state index is 12.2. The van der Waals surface area contributed by atoms with Gasteiger partial charge in [-0.2, -0.15) is 5.26 Å². The lowest BCUT2D eigenvalue weighted by molar-refractivity contribution is -0.121. The highest BCUT2D eigenvalue weighted by molar-refractivity contribution is 5.76. The third-order valence-electron chi connectivity index (χ3n) is 5.28. The molecule has 3 aromatic rings. The summed E-state index contributed by atoms with van der Waals surface area (Å²) in [5, 5.41) is 11.9. The third-order valence-corrected chi connectivity index (χ3v) is 5.28. The second kappa shape index (κ2) is 9.93. The van der Waals surface area contributed by atoms with E-state index in [1.165, 1.54) is 16.7 Å². The van der Waals surface area contributed by atoms with Crippen molar-refractivity contribution in [1.29, 1.82) is 5.26 Å². The number of rotatable bonds is 8. The summed E-state index contributed by atoms with van der Waals surface area (Å²) in [6, 6.07) is 21.1. The number of carbonyl (C=O) groups excluding carboxylic acids is 1. The van der Waals surface area contributed by atoms with E-state index in [0.29, 0.717) is 25.8 Å². The van der Waals surface area contributed by atoms with E-state index < -0.39 is 0 Å². The maximum Gasteiger partial charge on any atom is 0.220 e. The summed E-state index contributed by atoms with van der Waals surface area (Å²) >= 11 is 0. The Bertz CT molecular complexity index is 1050. The number of hydrogen-bond acceptors (Lipinski definition) is 2. The Morgan fingerprint density at radius 3 is 2.50 bits per heavy atom. The van der Waals surface area contributed by atoms with Crippen LogP contribution in [-0.4, -0.2) is 17.0 Å². The van der Waals surface area contributed by atoms with E-state index in [1.54, 1.807) is 0 Å². The molecule has 4 nitrogen and oxygen atoms in total. The Hall–Kier alpha value is -3.32. The van der Waals surface area contributed by atoms with Crippen LogP contribution in [0.1, 0.15) is 42.1 Å². The van der Waals surface area contributed by atoms with Crippen LogP contribution in [0, 0.1) is 25.2 Å². The largest absolute Gasteiger partial charge is 0.356 e. The molecule has 0 saturated heterocycles. The lowest BCUT2D eigenvalue weighted by Crippen LogP contribution is -2.24. The second-order valence-corrected chi connectivity index (χ2v) is 7.71. The van der Waals surface area contributed by atoms with Gasteiger partial charge in [0.25, 0.3) is 0 Å². The molecule has 30 heavy (non-hydrogen) atoms. The summed E-state index contributed by atoms with van der Waals surface area (Å²) in [4.78, 5) is 12.2. The lowest BCUT2D eigenvalue weighted by Gasteiger charge is -2.16. The van der Waals surface area contributed by atoms with Crippen molar-refractivity contribution in [3.05, 3.63) is 77.0 Å². The topological polar surface area (TPSA) is 57.8 Å². The summed E-state index contributed by atoms with van der Waals surface area (Å²) < 4.78 is 2.24. The molecule has 1 N–H and O–H groups in total. The van der Waals surface area contributed by atoms with Gasteiger partial charge in [-0.1, -0.05) is 42.8 Å². The van der Waals surface area contributed by atoms with E-state index in [1.807, 2.05) is 12.1 Å². The molecule has 1 heterocycles. The van der Waals surface area contributed by atoms with Gasteiger partial charge in [0, 0.05) is 29.9 Å². The van der Waals surface area contributed by atoms with Crippen LogP contribution >= 0.6 is 0 Å². The molecule has 0 spiro atoms. The van der Waals surface area contributed by atoms with Crippen LogP contribution in [-0.2, 0) is 17.6 Å². The fourth-order valence-electron chi connectivity index (χ4n) is 3.74. The van der Waals surface area contributed by atoms with E-state index >= 15 is 0 Å². The number of hydrogen-bond donors (Lipinski definition) is 1. The molecule has 0 radical (unpaired) electrons. The monoisotopic (exact) mass is 399 g/mol. The van der Waals surface area contributed by atoms with Crippen LogP contribution in [0.15, 0.2) is 54.6 Å². The van der Waals surface area contributed by atoms with Crippen molar-refractivity contribution in [2.45, 2.75) is 46.5 Å². The van der Waals surface area contributed by atoms with Crippen molar-refractivity contribution in [2.75, 3.05) is 6.54 Å². The average molecular weight is 400 g/mol. The standard InChI is InChI=1S/C26H29N3O/c1-4-17-28-26(30)14-11-23-10-13-25(24-12-5-19(2)18-20(24)3)29(23)22-8-6-21(7-9-22)15-16-27/h5-10,12-13,18H,4,11,14-15,17H2,1-3H3,(H,28,30). The number of amides is 1. The van der Waals surface area contributed by atoms with Gasteiger partial charge in [0.1, 0.15) is 0 Å². The van der Waals surface area contributed by atoms with Gasteiger partial charge in [0.15, 0.2) is 0 Å². The molecule has 154 valence electrons. The van der Waals surface area contributed by atoms with E-state index in [9.17, 15) is 4.79 Å². The van der Waals surface area contributed by atoms with Crippen molar-refractivity contribution in [3.8, 4) is 23.0 Å². The van der Waals surface area contributed by atoms with Gasteiger partial charge in [0.2, 0.25) is 5.91 Å². The summed E-state index contributed by atoms with van der Waals surface area (Å²) in [6.45, 7) is 7.00. The summed E-state index contributed by atoms with van der Waals surface area (Å²) in [5.74, 6) is 0.0852. The van der Waals surface area contributed by atoms with Gasteiger partial charge in [-0.25, -0.2) is 0 Å². The van der Waals surface area contributed by atoms with Crippen molar-refractivity contribution >= 4 is 5.91 Å². The van der Waals surface area contributed by atoms with Crippen LogP contribution < -0.4 is 5.32 Å². The predicted octanol–water partition coefficient (Wildman–Crippen LogP) is 5.29. The SMILES string of the molecule is CCCNC(=O)CCc1ccc(-c2ccc(C)cc2C)n1-c1ccc(CC#N)cc1. The van der Waals surface area contributed by atoms with Crippen LogP contribution in [0.5, 0.6) is 0 Å². The zero-order valence-corrected chi connectivity index (χ0v) is 18.0. The summed E-state index contributed by atoms with van der Waals surface area (Å²) in [7, 11) is 0. The molecule has 0 unspecified atom stereocenters. The quantitative estimate of drug-likeness (QED) is 0.560. The Kier molecular flexibility index (Phi) is 7.08. The van der Waals surface area contributed by atoms with Gasteiger partial charge in [-0.15, -0.1) is 0 Å². The highest BCUT2D eigenvalue weighted by Crippen LogP contribution is 2.30. The fraction of sp³-hybridized carbons (Fsp3) is 0.308. The first-order chi connectivity index (χ1) is 14.5. The van der Waals surface area contributed by atoms with Crippen molar-refractivity contribution < 1.29 is 4.79 Å². The molecule has 0 saturated carbocycles. The van der Waals surface area contributed by atoms with Gasteiger partial charge in [-0.05, 0) is 62.1 Å². The molecule has 0 aliphatic rings. The van der Waals surface area contributed by atoms with Crippen molar-refractivity contribution in [2.24, 2.45) is 0 Å². The Morgan fingerprint density at radius 1 is 1.07 bits per heavy atom. The first kappa shape index (κ1) is 21.4. The summed E-state index contributed by atoms with van der Waals surface area (Å²) in [5.41, 5.74) is 7.91. The average Bonchev–Trinajstić information content (AvgIpc) is 3.15. The number of nitrogens with one attached hydrogen (secondary N) is 1. The Morgan fingerprint density at radius 2 is 1.83 bits per heavy atom. The molecule has 1 aromatic heterocycles. The smallest absolute Gasteiger partial charge is 0.220 e. The Balaban J connectivity index is 2.00. The number of nitrogens with zero attached hydrogens (tertiary/aromatic N) is 2. The minimum absolute atomic E-state index is 0.0852. The normalized spacial score (nSPS) is 10.6.